The molecule has 2 heterocycles. The molecule has 2 atom stereocenters. The van der Waals surface area contributed by atoms with Crippen molar-refractivity contribution in [2.75, 3.05) is 19.6 Å². The first-order chi connectivity index (χ1) is 7.20. The van der Waals surface area contributed by atoms with Gasteiger partial charge in [0.05, 0.1) is 5.92 Å². The molecule has 84 valence electrons. The minimum atomic E-state index is -0.647. The summed E-state index contributed by atoms with van der Waals surface area (Å²) in [6.45, 7) is 6.93. The summed E-state index contributed by atoms with van der Waals surface area (Å²) in [6.07, 6.45) is 0.418. The molecule has 0 aromatic carbocycles. The molecule has 0 amide bonds. The molecular formula is C10H17N3O2. The standard InChI is InChI=1S/C10H17N3O2/c1-3-13-5-4-8(6-13)10-11-9(7(2)14)12-15-10/h7-8,14H,3-6H2,1-2H3. The predicted octanol–water partition coefficient (Wildman–Crippen LogP) is 0.932. The van der Waals surface area contributed by atoms with Gasteiger partial charge in [0.25, 0.3) is 0 Å². The Morgan fingerprint density at radius 1 is 1.67 bits per heavy atom. The molecular weight excluding hydrogens is 194 g/mol. The van der Waals surface area contributed by atoms with Crippen LogP contribution in [0.5, 0.6) is 0 Å². The fourth-order valence-electron chi connectivity index (χ4n) is 1.90. The molecule has 0 saturated carbocycles. The van der Waals surface area contributed by atoms with E-state index in [0.29, 0.717) is 17.6 Å². The molecule has 2 rings (SSSR count). The summed E-state index contributed by atoms with van der Waals surface area (Å²) in [4.78, 5) is 6.56. The van der Waals surface area contributed by atoms with Crippen LogP contribution in [-0.2, 0) is 0 Å². The van der Waals surface area contributed by atoms with Gasteiger partial charge in [0.1, 0.15) is 6.10 Å². The van der Waals surface area contributed by atoms with Crippen molar-refractivity contribution in [3.8, 4) is 0 Å². The lowest BCUT2D eigenvalue weighted by atomic mass is 10.1. The predicted molar refractivity (Wildman–Crippen MR) is 54.4 cm³/mol. The minimum absolute atomic E-state index is 0.338. The van der Waals surface area contributed by atoms with Gasteiger partial charge in [-0.2, -0.15) is 4.98 Å². The van der Waals surface area contributed by atoms with Crippen molar-refractivity contribution in [3.05, 3.63) is 11.7 Å². The van der Waals surface area contributed by atoms with Crippen LogP contribution in [0.1, 0.15) is 44.0 Å². The third kappa shape index (κ3) is 2.18. The minimum Gasteiger partial charge on any atom is -0.385 e. The zero-order chi connectivity index (χ0) is 10.8. The maximum atomic E-state index is 9.28. The smallest absolute Gasteiger partial charge is 0.231 e. The molecule has 1 aromatic rings. The second-order valence-electron chi connectivity index (χ2n) is 4.05. The lowest BCUT2D eigenvalue weighted by Gasteiger charge is -2.10. The van der Waals surface area contributed by atoms with E-state index in [4.69, 9.17) is 4.52 Å². The van der Waals surface area contributed by atoms with Gasteiger partial charge in [0.2, 0.25) is 5.89 Å². The molecule has 5 heteroatoms. The Hall–Kier alpha value is -0.940. The van der Waals surface area contributed by atoms with Crippen molar-refractivity contribution in [2.45, 2.75) is 32.3 Å². The number of rotatable bonds is 3. The lowest BCUT2D eigenvalue weighted by Crippen LogP contribution is -2.19. The third-order valence-electron chi connectivity index (χ3n) is 2.90. The molecule has 0 spiro atoms. The van der Waals surface area contributed by atoms with E-state index >= 15 is 0 Å². The third-order valence-corrected chi connectivity index (χ3v) is 2.90. The van der Waals surface area contributed by atoms with Crippen molar-refractivity contribution in [1.82, 2.24) is 15.0 Å². The highest BCUT2D eigenvalue weighted by Crippen LogP contribution is 2.26. The van der Waals surface area contributed by atoms with Gasteiger partial charge in [-0.25, -0.2) is 0 Å². The summed E-state index contributed by atoms with van der Waals surface area (Å²) in [7, 11) is 0. The van der Waals surface area contributed by atoms with Gasteiger partial charge in [0.15, 0.2) is 5.82 Å². The van der Waals surface area contributed by atoms with E-state index in [1.165, 1.54) is 0 Å². The number of hydrogen-bond acceptors (Lipinski definition) is 5. The van der Waals surface area contributed by atoms with Gasteiger partial charge in [-0.15, -0.1) is 0 Å². The topological polar surface area (TPSA) is 62.4 Å². The Morgan fingerprint density at radius 3 is 3.00 bits per heavy atom. The van der Waals surface area contributed by atoms with Crippen LogP contribution in [0.3, 0.4) is 0 Å². The number of aliphatic hydroxyl groups excluding tert-OH is 1. The first-order valence-corrected chi connectivity index (χ1v) is 5.44. The second kappa shape index (κ2) is 4.28. The van der Waals surface area contributed by atoms with E-state index < -0.39 is 6.10 Å². The van der Waals surface area contributed by atoms with Crippen molar-refractivity contribution in [1.29, 1.82) is 0 Å². The van der Waals surface area contributed by atoms with Gasteiger partial charge < -0.3 is 14.5 Å². The molecule has 15 heavy (non-hydrogen) atoms. The average molecular weight is 211 g/mol. The molecule has 1 aliphatic heterocycles. The molecule has 1 N–H and O–H groups in total. The van der Waals surface area contributed by atoms with Crippen molar-refractivity contribution < 1.29 is 9.63 Å². The van der Waals surface area contributed by atoms with Gasteiger partial charge in [-0.1, -0.05) is 12.1 Å². The highest BCUT2D eigenvalue weighted by molar-refractivity contribution is 4.99. The summed E-state index contributed by atoms with van der Waals surface area (Å²) in [5.74, 6) is 1.40. The maximum Gasteiger partial charge on any atom is 0.231 e. The van der Waals surface area contributed by atoms with Crippen LogP contribution in [0.15, 0.2) is 4.52 Å². The molecule has 0 aliphatic carbocycles. The molecule has 1 aromatic heterocycles. The monoisotopic (exact) mass is 211 g/mol. The summed E-state index contributed by atoms with van der Waals surface area (Å²) in [5.41, 5.74) is 0. The van der Waals surface area contributed by atoms with Crippen LogP contribution >= 0.6 is 0 Å². The van der Waals surface area contributed by atoms with Crippen molar-refractivity contribution >= 4 is 0 Å². The summed E-state index contributed by atoms with van der Waals surface area (Å²) in [6, 6.07) is 0. The molecule has 1 saturated heterocycles. The van der Waals surface area contributed by atoms with E-state index in [-0.39, 0.29) is 0 Å². The Bertz CT molecular complexity index is 324. The second-order valence-corrected chi connectivity index (χ2v) is 4.05. The van der Waals surface area contributed by atoms with E-state index in [2.05, 4.69) is 22.0 Å². The Kier molecular flexibility index (Phi) is 3.02. The summed E-state index contributed by atoms with van der Waals surface area (Å²) in [5, 5.41) is 13.0. The van der Waals surface area contributed by atoms with Crippen LogP contribution < -0.4 is 0 Å². The number of aliphatic hydroxyl groups is 1. The first-order valence-electron chi connectivity index (χ1n) is 5.44. The van der Waals surface area contributed by atoms with Crippen LogP contribution in [0.2, 0.25) is 0 Å². The zero-order valence-corrected chi connectivity index (χ0v) is 9.18. The normalized spacial score (nSPS) is 24.6. The van der Waals surface area contributed by atoms with Crippen molar-refractivity contribution in [2.24, 2.45) is 0 Å². The van der Waals surface area contributed by atoms with E-state index in [0.717, 1.165) is 26.1 Å². The maximum absolute atomic E-state index is 9.28. The molecule has 2 unspecified atom stereocenters. The molecule has 1 fully saturated rings. The number of nitrogens with zero attached hydrogens (tertiary/aromatic N) is 3. The average Bonchev–Trinajstić information content (AvgIpc) is 2.86. The highest BCUT2D eigenvalue weighted by atomic mass is 16.5. The first kappa shape index (κ1) is 10.6. The molecule has 0 bridgehead atoms. The Labute approximate surface area is 89.1 Å². The fraction of sp³-hybridized carbons (Fsp3) is 0.800. The quantitative estimate of drug-likeness (QED) is 0.806. The van der Waals surface area contributed by atoms with Gasteiger partial charge >= 0.3 is 0 Å². The summed E-state index contributed by atoms with van der Waals surface area (Å²) < 4.78 is 5.15. The number of aromatic nitrogens is 2. The lowest BCUT2D eigenvalue weighted by molar-refractivity contribution is 0.184. The highest BCUT2D eigenvalue weighted by Gasteiger charge is 2.27. The molecule has 5 nitrogen and oxygen atoms in total. The van der Waals surface area contributed by atoms with Crippen LogP contribution in [-0.4, -0.2) is 39.8 Å². The van der Waals surface area contributed by atoms with Gasteiger partial charge in [-0.3, -0.25) is 0 Å². The van der Waals surface area contributed by atoms with Gasteiger partial charge in [0, 0.05) is 6.54 Å². The van der Waals surface area contributed by atoms with E-state index in [9.17, 15) is 5.11 Å². The fourth-order valence-corrected chi connectivity index (χ4v) is 1.90. The Balaban J connectivity index is 2.04. The molecule has 1 aliphatic rings. The number of likely N-dealkylation sites (N-methyl/N-ethyl adjacent to an activating group) is 1. The number of hydrogen-bond donors (Lipinski definition) is 1. The molecule has 0 radical (unpaired) electrons. The van der Waals surface area contributed by atoms with Gasteiger partial charge in [-0.05, 0) is 26.4 Å². The Morgan fingerprint density at radius 2 is 2.47 bits per heavy atom. The zero-order valence-electron chi connectivity index (χ0n) is 9.18. The van der Waals surface area contributed by atoms with Crippen LogP contribution in [0, 0.1) is 0 Å². The SMILES string of the molecule is CCN1CCC(c2nc(C(C)O)no2)C1. The summed E-state index contributed by atoms with van der Waals surface area (Å²) >= 11 is 0. The number of likely N-dealkylation sites (tertiary alicyclic amines) is 1. The van der Waals surface area contributed by atoms with E-state index in [1.807, 2.05) is 0 Å². The van der Waals surface area contributed by atoms with Crippen LogP contribution in [0.25, 0.3) is 0 Å². The van der Waals surface area contributed by atoms with E-state index in [1.54, 1.807) is 6.92 Å². The van der Waals surface area contributed by atoms with Crippen LogP contribution in [0.4, 0.5) is 0 Å². The van der Waals surface area contributed by atoms with Crippen molar-refractivity contribution in [3.63, 3.8) is 0 Å². The largest absolute Gasteiger partial charge is 0.385 e.